The quantitative estimate of drug-likeness (QED) is 0.240. The summed E-state index contributed by atoms with van der Waals surface area (Å²) in [6, 6.07) is 35.7. The zero-order valence-electron chi connectivity index (χ0n) is 20.3. The van der Waals surface area contributed by atoms with Crippen molar-refractivity contribution in [2.45, 2.75) is 32.5 Å². The maximum absolute atomic E-state index is 9.78. The largest absolute Gasteiger partial charge is 0.488 e. The Bertz CT molecular complexity index is 1090. The molecule has 0 heterocycles. The first-order valence-electron chi connectivity index (χ1n) is 12.1. The number of aliphatic hydroxyl groups is 1. The second-order valence-corrected chi connectivity index (χ2v) is 8.40. The van der Waals surface area contributed by atoms with Crippen molar-refractivity contribution in [3.05, 3.63) is 131 Å². The Hall–Kier alpha value is -3.64. The van der Waals surface area contributed by atoms with Gasteiger partial charge in [0.25, 0.3) is 0 Å². The van der Waals surface area contributed by atoms with E-state index in [-0.39, 0.29) is 19.8 Å². The fourth-order valence-corrected chi connectivity index (χ4v) is 3.66. The summed E-state index contributed by atoms with van der Waals surface area (Å²) in [6.07, 6.45) is -0.434. The standard InChI is InChI=1S/C31H32O5/c32-19-28(34-20-25-11-4-1-5-12-25)23-33-24-29-30(35-21-26-13-6-2-7-14-26)17-10-18-31(29)36-22-27-15-8-3-9-16-27/h1-18,28,32H,19-24H2/t28-/m1/s1. The van der Waals surface area contributed by atoms with Gasteiger partial charge in [-0.1, -0.05) is 97.1 Å². The predicted molar refractivity (Wildman–Crippen MR) is 140 cm³/mol. The lowest BCUT2D eigenvalue weighted by molar-refractivity contribution is -0.0541. The van der Waals surface area contributed by atoms with E-state index in [0.717, 1.165) is 22.3 Å². The summed E-state index contributed by atoms with van der Waals surface area (Å²) in [5.74, 6) is 1.41. The highest BCUT2D eigenvalue weighted by atomic mass is 16.5. The maximum Gasteiger partial charge on any atom is 0.129 e. The molecule has 0 fully saturated rings. The van der Waals surface area contributed by atoms with Gasteiger partial charge in [0.05, 0.1) is 32.0 Å². The first-order valence-corrected chi connectivity index (χ1v) is 12.1. The molecular formula is C31H32O5. The van der Waals surface area contributed by atoms with Crippen LogP contribution in [0, 0.1) is 0 Å². The molecule has 4 aromatic rings. The Balaban J connectivity index is 1.41. The summed E-state index contributed by atoms with van der Waals surface area (Å²) in [5, 5.41) is 9.78. The van der Waals surface area contributed by atoms with Crippen molar-refractivity contribution in [3.63, 3.8) is 0 Å². The fraction of sp³-hybridized carbons (Fsp3) is 0.226. The first kappa shape index (κ1) is 25.5. The van der Waals surface area contributed by atoms with Crippen molar-refractivity contribution >= 4 is 0 Å². The van der Waals surface area contributed by atoms with E-state index in [1.54, 1.807) is 0 Å². The van der Waals surface area contributed by atoms with Crippen molar-refractivity contribution < 1.29 is 24.1 Å². The van der Waals surface area contributed by atoms with Gasteiger partial charge >= 0.3 is 0 Å². The number of aliphatic hydroxyl groups excluding tert-OH is 1. The van der Waals surface area contributed by atoms with Crippen LogP contribution in [-0.2, 0) is 35.9 Å². The molecule has 0 radical (unpaired) electrons. The van der Waals surface area contributed by atoms with E-state index in [4.69, 9.17) is 18.9 Å². The third-order valence-electron chi connectivity index (χ3n) is 5.65. The molecule has 5 nitrogen and oxygen atoms in total. The van der Waals surface area contributed by atoms with Crippen LogP contribution in [0.3, 0.4) is 0 Å². The molecule has 1 atom stereocenters. The summed E-state index contributed by atoms with van der Waals surface area (Å²) in [5.41, 5.74) is 4.03. The number of rotatable bonds is 14. The first-order chi connectivity index (χ1) is 17.8. The van der Waals surface area contributed by atoms with Gasteiger partial charge < -0.3 is 24.1 Å². The van der Waals surface area contributed by atoms with Crippen LogP contribution in [0.1, 0.15) is 22.3 Å². The van der Waals surface area contributed by atoms with Gasteiger partial charge in [-0.05, 0) is 28.8 Å². The summed E-state index contributed by atoms with van der Waals surface area (Å²) in [7, 11) is 0. The van der Waals surface area contributed by atoms with E-state index in [9.17, 15) is 5.11 Å². The third-order valence-corrected chi connectivity index (χ3v) is 5.65. The molecule has 0 saturated carbocycles. The molecule has 4 rings (SSSR count). The maximum atomic E-state index is 9.78. The monoisotopic (exact) mass is 484 g/mol. The molecule has 0 aliphatic carbocycles. The molecular weight excluding hydrogens is 452 g/mol. The van der Waals surface area contributed by atoms with E-state index in [2.05, 4.69) is 0 Å². The van der Waals surface area contributed by atoms with Crippen LogP contribution in [0.25, 0.3) is 0 Å². The predicted octanol–water partition coefficient (Wildman–Crippen LogP) is 5.94. The molecule has 1 N–H and O–H groups in total. The Morgan fingerprint density at radius 1 is 0.528 bits per heavy atom. The Morgan fingerprint density at radius 3 is 1.47 bits per heavy atom. The highest BCUT2D eigenvalue weighted by molar-refractivity contribution is 5.44. The second-order valence-electron chi connectivity index (χ2n) is 8.40. The van der Waals surface area contributed by atoms with Crippen molar-refractivity contribution in [2.75, 3.05) is 13.2 Å². The minimum Gasteiger partial charge on any atom is -0.488 e. The van der Waals surface area contributed by atoms with Gasteiger partial charge in [0.2, 0.25) is 0 Å². The summed E-state index contributed by atoms with van der Waals surface area (Å²) in [6.45, 7) is 1.67. The van der Waals surface area contributed by atoms with Crippen LogP contribution >= 0.6 is 0 Å². The molecule has 0 unspecified atom stereocenters. The van der Waals surface area contributed by atoms with Crippen LogP contribution < -0.4 is 9.47 Å². The molecule has 0 bridgehead atoms. The molecule has 0 spiro atoms. The van der Waals surface area contributed by atoms with Gasteiger partial charge in [-0.2, -0.15) is 0 Å². The molecule has 5 heteroatoms. The number of hydrogen-bond acceptors (Lipinski definition) is 5. The Morgan fingerprint density at radius 2 is 1.00 bits per heavy atom. The lowest BCUT2D eigenvalue weighted by Crippen LogP contribution is -2.24. The van der Waals surface area contributed by atoms with Crippen molar-refractivity contribution in [3.8, 4) is 11.5 Å². The van der Waals surface area contributed by atoms with Gasteiger partial charge in [-0.15, -0.1) is 0 Å². The van der Waals surface area contributed by atoms with Gasteiger partial charge in [-0.3, -0.25) is 0 Å². The van der Waals surface area contributed by atoms with Crippen LogP contribution in [-0.4, -0.2) is 24.4 Å². The van der Waals surface area contributed by atoms with Crippen LogP contribution in [0.15, 0.2) is 109 Å². The Kier molecular flexibility index (Phi) is 9.93. The van der Waals surface area contributed by atoms with Crippen LogP contribution in [0.4, 0.5) is 0 Å². The topological polar surface area (TPSA) is 57.2 Å². The molecule has 36 heavy (non-hydrogen) atoms. The molecule has 4 aromatic carbocycles. The van der Waals surface area contributed by atoms with E-state index < -0.39 is 6.10 Å². The highest BCUT2D eigenvalue weighted by Gasteiger charge is 2.15. The van der Waals surface area contributed by atoms with Gasteiger partial charge in [0, 0.05) is 0 Å². The van der Waals surface area contributed by atoms with Crippen molar-refractivity contribution in [1.29, 1.82) is 0 Å². The normalized spacial score (nSPS) is 11.7. The van der Waals surface area contributed by atoms with Crippen molar-refractivity contribution in [1.82, 2.24) is 0 Å². The summed E-state index contributed by atoms with van der Waals surface area (Å²) >= 11 is 0. The minimum absolute atomic E-state index is 0.129. The molecule has 0 saturated heterocycles. The van der Waals surface area contributed by atoms with E-state index in [1.807, 2.05) is 109 Å². The SMILES string of the molecule is OC[C@H](COCc1c(OCc2ccccc2)cccc1OCc1ccccc1)OCc1ccccc1. The fourth-order valence-electron chi connectivity index (χ4n) is 3.66. The molecule has 186 valence electrons. The summed E-state index contributed by atoms with van der Waals surface area (Å²) in [4.78, 5) is 0. The smallest absolute Gasteiger partial charge is 0.129 e. The van der Waals surface area contributed by atoms with Gasteiger partial charge in [0.1, 0.15) is 30.8 Å². The minimum atomic E-state index is -0.434. The van der Waals surface area contributed by atoms with Crippen LogP contribution in [0.2, 0.25) is 0 Å². The zero-order valence-corrected chi connectivity index (χ0v) is 20.3. The number of hydrogen-bond donors (Lipinski definition) is 1. The van der Waals surface area contributed by atoms with E-state index in [1.165, 1.54) is 0 Å². The number of benzene rings is 4. The summed E-state index contributed by atoms with van der Waals surface area (Å²) < 4.78 is 24.2. The Labute approximate surface area is 212 Å². The average molecular weight is 485 g/mol. The lowest BCUT2D eigenvalue weighted by Gasteiger charge is -2.19. The molecule has 0 aliphatic rings. The second kappa shape index (κ2) is 14.0. The zero-order chi connectivity index (χ0) is 24.8. The third kappa shape index (κ3) is 7.95. The van der Waals surface area contributed by atoms with E-state index >= 15 is 0 Å². The van der Waals surface area contributed by atoms with Gasteiger partial charge in [0.15, 0.2) is 0 Å². The van der Waals surface area contributed by atoms with Crippen molar-refractivity contribution in [2.24, 2.45) is 0 Å². The molecule has 0 aliphatic heterocycles. The molecule has 0 amide bonds. The molecule has 0 aromatic heterocycles. The highest BCUT2D eigenvalue weighted by Crippen LogP contribution is 2.31. The van der Waals surface area contributed by atoms with E-state index in [0.29, 0.717) is 31.3 Å². The number of ether oxygens (including phenoxy) is 4. The van der Waals surface area contributed by atoms with Gasteiger partial charge in [-0.25, -0.2) is 0 Å². The lowest BCUT2D eigenvalue weighted by atomic mass is 10.1. The average Bonchev–Trinajstić information content (AvgIpc) is 2.95. The van der Waals surface area contributed by atoms with Crippen LogP contribution in [0.5, 0.6) is 11.5 Å².